The fourth-order valence-corrected chi connectivity index (χ4v) is 2.28. The van der Waals surface area contributed by atoms with Crippen molar-refractivity contribution in [3.63, 3.8) is 0 Å². The Morgan fingerprint density at radius 2 is 1.92 bits per heavy atom. The Morgan fingerprint density at radius 3 is 2.69 bits per heavy atom. The number of methoxy groups -OCH3 is 1. The van der Waals surface area contributed by atoms with Crippen LogP contribution in [0.5, 0.6) is 23.0 Å². The van der Waals surface area contributed by atoms with E-state index in [1.807, 2.05) is 12.1 Å². The topological polar surface area (TPSA) is 77.9 Å². The molecule has 132 valence electrons. The van der Waals surface area contributed by atoms with Crippen molar-refractivity contribution in [2.24, 2.45) is 0 Å². The van der Waals surface area contributed by atoms with Crippen molar-refractivity contribution in [2.45, 2.75) is 6.61 Å². The van der Waals surface area contributed by atoms with Crippen LogP contribution in [0, 0.1) is 0 Å². The Kier molecular flexibility index (Phi) is 5.34. The summed E-state index contributed by atoms with van der Waals surface area (Å²) < 4.78 is 16.2. The molecule has 1 N–H and O–H groups in total. The molecule has 0 saturated carbocycles. The molecule has 1 aromatic heterocycles. The fraction of sp³-hybridized carbons (Fsp3) is 0.100. The van der Waals surface area contributed by atoms with Crippen LogP contribution in [0.25, 0.3) is 0 Å². The maximum Gasteiger partial charge on any atom is 0.342 e. The first-order valence-electron chi connectivity index (χ1n) is 7.87. The van der Waals surface area contributed by atoms with Gasteiger partial charge in [0, 0.05) is 11.8 Å². The van der Waals surface area contributed by atoms with Gasteiger partial charge in [0.2, 0.25) is 0 Å². The van der Waals surface area contributed by atoms with Gasteiger partial charge in [-0.25, -0.2) is 4.79 Å². The lowest BCUT2D eigenvalue weighted by Crippen LogP contribution is -2.06. The van der Waals surface area contributed by atoms with Gasteiger partial charge in [0.05, 0.1) is 13.3 Å². The van der Waals surface area contributed by atoms with Crippen LogP contribution in [0.3, 0.4) is 0 Å². The quantitative estimate of drug-likeness (QED) is 0.678. The van der Waals surface area contributed by atoms with Crippen LogP contribution in [-0.2, 0) is 11.3 Å². The van der Waals surface area contributed by atoms with Crippen molar-refractivity contribution in [3.8, 4) is 23.0 Å². The van der Waals surface area contributed by atoms with Gasteiger partial charge < -0.3 is 19.3 Å². The lowest BCUT2D eigenvalue weighted by atomic mass is 10.2. The molecule has 26 heavy (non-hydrogen) atoms. The van der Waals surface area contributed by atoms with E-state index in [1.165, 1.54) is 19.2 Å². The number of carbonyl (C=O) groups excluding carboxylic acids is 1. The van der Waals surface area contributed by atoms with Gasteiger partial charge in [-0.2, -0.15) is 0 Å². The summed E-state index contributed by atoms with van der Waals surface area (Å²) in [7, 11) is 1.48. The predicted molar refractivity (Wildman–Crippen MR) is 94.5 cm³/mol. The molecule has 6 nitrogen and oxygen atoms in total. The summed E-state index contributed by atoms with van der Waals surface area (Å²) in [6, 6.07) is 15.1. The highest BCUT2D eigenvalue weighted by Crippen LogP contribution is 2.27. The molecular formula is C20H17NO5. The van der Waals surface area contributed by atoms with Gasteiger partial charge in [-0.05, 0) is 36.4 Å². The number of para-hydroxylation sites is 1. The van der Waals surface area contributed by atoms with E-state index < -0.39 is 5.97 Å². The average Bonchev–Trinajstić information content (AvgIpc) is 2.68. The number of phenolic OH excluding ortho intramolecular Hbond substituents is 1. The van der Waals surface area contributed by atoms with Gasteiger partial charge in [-0.1, -0.05) is 18.2 Å². The van der Waals surface area contributed by atoms with Crippen molar-refractivity contribution in [1.82, 2.24) is 4.98 Å². The summed E-state index contributed by atoms with van der Waals surface area (Å²) in [5.41, 5.74) is 0.724. The van der Waals surface area contributed by atoms with Crippen molar-refractivity contribution in [3.05, 3.63) is 78.1 Å². The number of ether oxygens (including phenoxy) is 3. The van der Waals surface area contributed by atoms with Gasteiger partial charge in [-0.3, -0.25) is 4.98 Å². The molecule has 6 heteroatoms. The SMILES string of the molecule is COc1ccc(O)c(C(=O)OCc2ccccc2Oc2cccnc2)c1. The number of rotatable bonds is 6. The average molecular weight is 351 g/mol. The number of nitrogens with zero attached hydrogens (tertiary/aromatic N) is 1. The van der Waals surface area contributed by atoms with E-state index in [1.54, 1.807) is 42.7 Å². The molecule has 1 heterocycles. The van der Waals surface area contributed by atoms with E-state index in [4.69, 9.17) is 14.2 Å². The third kappa shape index (κ3) is 4.10. The molecule has 3 rings (SSSR count). The molecule has 0 atom stereocenters. The van der Waals surface area contributed by atoms with Gasteiger partial charge in [-0.15, -0.1) is 0 Å². The zero-order valence-electron chi connectivity index (χ0n) is 14.1. The second-order valence-electron chi connectivity index (χ2n) is 5.36. The number of pyridine rings is 1. The third-order valence-corrected chi connectivity index (χ3v) is 3.62. The zero-order chi connectivity index (χ0) is 18.4. The Bertz CT molecular complexity index is 896. The first-order chi connectivity index (χ1) is 12.7. The second kappa shape index (κ2) is 8.02. The molecule has 2 aromatic carbocycles. The smallest absolute Gasteiger partial charge is 0.342 e. The summed E-state index contributed by atoms with van der Waals surface area (Å²) in [5.74, 6) is 0.767. The maximum atomic E-state index is 12.3. The zero-order valence-corrected chi connectivity index (χ0v) is 14.1. The lowest BCUT2D eigenvalue weighted by molar-refractivity contribution is 0.0467. The molecule has 0 radical (unpaired) electrons. The van der Waals surface area contributed by atoms with E-state index in [0.29, 0.717) is 22.8 Å². The summed E-state index contributed by atoms with van der Waals surface area (Å²) in [4.78, 5) is 16.3. The number of aromatic hydroxyl groups is 1. The third-order valence-electron chi connectivity index (χ3n) is 3.62. The minimum absolute atomic E-state index is 0.00802. The molecule has 0 aliphatic carbocycles. The Hall–Kier alpha value is -3.54. The number of phenols is 1. The van der Waals surface area contributed by atoms with E-state index in [-0.39, 0.29) is 17.9 Å². The van der Waals surface area contributed by atoms with Crippen LogP contribution >= 0.6 is 0 Å². The summed E-state index contributed by atoms with van der Waals surface area (Å²) in [6.45, 7) is -0.00802. The number of esters is 1. The molecule has 0 amide bonds. The Balaban J connectivity index is 1.73. The molecule has 0 unspecified atom stereocenters. The Morgan fingerprint density at radius 1 is 1.08 bits per heavy atom. The standard InChI is InChI=1S/C20H17NO5/c1-24-15-8-9-18(22)17(11-15)20(23)25-13-14-5-2-3-7-19(14)26-16-6-4-10-21-12-16/h2-12,22H,13H2,1H3. The van der Waals surface area contributed by atoms with Crippen molar-refractivity contribution >= 4 is 5.97 Å². The second-order valence-corrected chi connectivity index (χ2v) is 5.36. The number of aromatic nitrogens is 1. The van der Waals surface area contributed by atoms with Crippen molar-refractivity contribution < 1.29 is 24.1 Å². The van der Waals surface area contributed by atoms with Crippen molar-refractivity contribution in [2.75, 3.05) is 7.11 Å². The van der Waals surface area contributed by atoms with E-state index in [9.17, 15) is 9.90 Å². The molecule has 0 spiro atoms. The fourth-order valence-electron chi connectivity index (χ4n) is 2.28. The predicted octanol–water partition coefficient (Wildman–Crippen LogP) is 3.95. The molecule has 3 aromatic rings. The van der Waals surface area contributed by atoms with Crippen molar-refractivity contribution in [1.29, 1.82) is 0 Å². The molecule has 0 bridgehead atoms. The van der Waals surface area contributed by atoms with E-state index in [2.05, 4.69) is 4.98 Å². The minimum atomic E-state index is -0.655. The number of benzene rings is 2. The number of carbonyl (C=O) groups is 1. The largest absolute Gasteiger partial charge is 0.507 e. The summed E-state index contributed by atoms with van der Waals surface area (Å²) in [5, 5.41) is 9.86. The van der Waals surface area contributed by atoms with Crippen LogP contribution < -0.4 is 9.47 Å². The van der Waals surface area contributed by atoms with Gasteiger partial charge in [0.1, 0.15) is 35.2 Å². The van der Waals surface area contributed by atoms with Crippen LogP contribution in [0.4, 0.5) is 0 Å². The first-order valence-corrected chi connectivity index (χ1v) is 7.87. The van der Waals surface area contributed by atoms with Crippen LogP contribution in [0.15, 0.2) is 67.0 Å². The molecule has 0 aliphatic heterocycles. The first kappa shape index (κ1) is 17.3. The summed E-state index contributed by atoms with van der Waals surface area (Å²) >= 11 is 0. The Labute approximate surface area is 150 Å². The highest BCUT2D eigenvalue weighted by atomic mass is 16.5. The van der Waals surface area contributed by atoms with Gasteiger partial charge in [0.25, 0.3) is 0 Å². The number of hydrogen-bond donors (Lipinski definition) is 1. The molecule has 0 fully saturated rings. The monoisotopic (exact) mass is 351 g/mol. The highest BCUT2D eigenvalue weighted by molar-refractivity contribution is 5.92. The maximum absolute atomic E-state index is 12.3. The van der Waals surface area contributed by atoms with Gasteiger partial charge >= 0.3 is 5.97 Å². The molecule has 0 aliphatic rings. The van der Waals surface area contributed by atoms with Crippen LogP contribution in [0.2, 0.25) is 0 Å². The summed E-state index contributed by atoms with van der Waals surface area (Å²) in [6.07, 6.45) is 3.25. The molecular weight excluding hydrogens is 334 g/mol. The van der Waals surface area contributed by atoms with Crippen LogP contribution in [-0.4, -0.2) is 23.2 Å². The van der Waals surface area contributed by atoms with E-state index >= 15 is 0 Å². The number of hydrogen-bond acceptors (Lipinski definition) is 6. The highest BCUT2D eigenvalue weighted by Gasteiger charge is 2.15. The van der Waals surface area contributed by atoms with Gasteiger partial charge in [0.15, 0.2) is 0 Å². The normalized spacial score (nSPS) is 10.2. The van der Waals surface area contributed by atoms with E-state index in [0.717, 1.165) is 0 Å². The minimum Gasteiger partial charge on any atom is -0.507 e. The molecule has 0 saturated heterocycles. The van der Waals surface area contributed by atoms with Crippen LogP contribution in [0.1, 0.15) is 15.9 Å². The lowest BCUT2D eigenvalue weighted by Gasteiger charge is -2.12.